The second-order valence-corrected chi connectivity index (χ2v) is 9.69. The molecule has 3 heteroatoms. The van der Waals surface area contributed by atoms with Gasteiger partial charge in [0.25, 0.3) is 0 Å². The number of rotatable bonds is 24. The largest absolute Gasteiger partial charge is 0.478 e. The third-order valence-electron chi connectivity index (χ3n) is 6.62. The molecule has 0 fully saturated rings. The molecule has 0 aliphatic carbocycles. The zero-order valence-electron chi connectivity index (χ0n) is 21.6. The van der Waals surface area contributed by atoms with E-state index in [-0.39, 0.29) is 0 Å². The Morgan fingerprint density at radius 2 is 1.06 bits per heavy atom. The Balaban J connectivity index is 1.75. The minimum atomic E-state index is -0.812. The minimum absolute atomic E-state index is 0.461. The summed E-state index contributed by atoms with van der Waals surface area (Å²) in [5.74, 6) is -0.812. The van der Waals surface area contributed by atoms with E-state index in [4.69, 9.17) is 4.74 Å². The van der Waals surface area contributed by atoms with Gasteiger partial charge in [-0.15, -0.1) is 0 Å². The summed E-state index contributed by atoms with van der Waals surface area (Å²) in [5.41, 5.74) is 1.43. The van der Waals surface area contributed by atoms with Gasteiger partial charge in [0.05, 0.1) is 5.56 Å². The van der Waals surface area contributed by atoms with Gasteiger partial charge in [-0.3, -0.25) is 0 Å². The van der Waals surface area contributed by atoms with Crippen molar-refractivity contribution in [3.8, 4) is 0 Å². The van der Waals surface area contributed by atoms with Crippen LogP contribution in [0.15, 0.2) is 24.3 Å². The second kappa shape index (κ2) is 22.4. The Bertz CT molecular complexity index is 569. The molecule has 0 bridgehead atoms. The number of benzene rings is 1. The van der Waals surface area contributed by atoms with Crippen LogP contribution in [0.5, 0.6) is 0 Å². The van der Waals surface area contributed by atoms with E-state index in [1.165, 1.54) is 116 Å². The van der Waals surface area contributed by atoms with E-state index in [1.807, 2.05) is 12.1 Å². The van der Waals surface area contributed by atoms with E-state index < -0.39 is 5.97 Å². The molecule has 3 nitrogen and oxygen atoms in total. The van der Waals surface area contributed by atoms with Gasteiger partial charge in [0.2, 0.25) is 0 Å². The first-order valence-electron chi connectivity index (χ1n) is 14.1. The molecule has 1 N–H and O–H groups in total. The van der Waals surface area contributed by atoms with Crippen LogP contribution in [0.1, 0.15) is 145 Å². The Labute approximate surface area is 204 Å². The van der Waals surface area contributed by atoms with Crippen molar-refractivity contribution in [1.82, 2.24) is 0 Å². The molecule has 0 heterocycles. The van der Waals surface area contributed by atoms with Gasteiger partial charge in [0.15, 0.2) is 0 Å². The van der Waals surface area contributed by atoms with Crippen LogP contribution in [0.4, 0.5) is 0 Å². The highest BCUT2D eigenvalue weighted by Gasteiger charge is 2.08. The van der Waals surface area contributed by atoms with Crippen LogP contribution in [0.2, 0.25) is 0 Å². The van der Waals surface area contributed by atoms with Crippen molar-refractivity contribution in [2.75, 3.05) is 13.2 Å². The maximum Gasteiger partial charge on any atom is 0.335 e. The average Bonchev–Trinajstić information content (AvgIpc) is 2.82. The Morgan fingerprint density at radius 1 is 0.636 bits per heavy atom. The van der Waals surface area contributed by atoms with Crippen LogP contribution < -0.4 is 0 Å². The second-order valence-electron chi connectivity index (χ2n) is 9.69. The molecule has 1 aromatic carbocycles. The molecular formula is C30H52O3. The molecule has 0 saturated carbocycles. The molecule has 0 amide bonds. The normalized spacial score (nSPS) is 11.2. The fraction of sp³-hybridized carbons (Fsp3) is 0.767. The summed E-state index contributed by atoms with van der Waals surface area (Å²) in [5, 5.41) is 9.23. The summed E-state index contributed by atoms with van der Waals surface area (Å²) in [6, 6.07) is 7.39. The first-order chi connectivity index (χ1) is 16.3. The van der Waals surface area contributed by atoms with Crippen molar-refractivity contribution in [3.63, 3.8) is 0 Å². The number of carboxylic acid groups (broad SMARTS) is 1. The summed E-state index contributed by atoms with van der Waals surface area (Å²) in [6.07, 6.45) is 26.1. The first-order valence-corrected chi connectivity index (χ1v) is 14.1. The standard InChI is InChI=1S/C30H52O3/c1-2-3-4-5-6-7-8-10-13-16-21-26-33-27-22-17-14-11-9-12-15-18-23-28-24-19-20-25-29(28)30(31)32/h19-20,24-25H,2-18,21-23,26-27H2,1H3,(H,31,32). The average molecular weight is 461 g/mol. The van der Waals surface area contributed by atoms with Crippen LogP contribution in [-0.4, -0.2) is 24.3 Å². The zero-order chi connectivity index (χ0) is 23.8. The predicted octanol–water partition coefficient (Wildman–Crippen LogP) is 9.38. The minimum Gasteiger partial charge on any atom is -0.478 e. The maximum absolute atomic E-state index is 11.2. The molecule has 0 saturated heterocycles. The zero-order valence-corrected chi connectivity index (χ0v) is 21.6. The SMILES string of the molecule is CCCCCCCCCCCCCOCCCCCCCCCCc1ccccc1C(=O)O. The van der Waals surface area contributed by atoms with Crippen LogP contribution in [0.3, 0.4) is 0 Å². The molecule has 0 spiro atoms. The van der Waals surface area contributed by atoms with E-state index in [9.17, 15) is 9.90 Å². The first kappa shape index (κ1) is 29.7. The Hall–Kier alpha value is -1.35. The van der Waals surface area contributed by atoms with E-state index in [1.54, 1.807) is 12.1 Å². The lowest BCUT2D eigenvalue weighted by Gasteiger charge is -2.06. The number of carboxylic acids is 1. The van der Waals surface area contributed by atoms with E-state index in [2.05, 4.69) is 6.92 Å². The van der Waals surface area contributed by atoms with E-state index >= 15 is 0 Å². The van der Waals surface area contributed by atoms with Crippen molar-refractivity contribution in [2.24, 2.45) is 0 Å². The van der Waals surface area contributed by atoms with E-state index in [0.717, 1.165) is 31.6 Å². The summed E-state index contributed by atoms with van der Waals surface area (Å²) in [6.45, 7) is 4.16. The van der Waals surface area contributed by atoms with Crippen LogP contribution in [0, 0.1) is 0 Å². The number of hydrogen-bond acceptors (Lipinski definition) is 2. The molecule has 0 aliphatic heterocycles. The highest BCUT2D eigenvalue weighted by Crippen LogP contribution is 2.15. The molecule has 0 aliphatic rings. The molecule has 0 aromatic heterocycles. The van der Waals surface area contributed by atoms with E-state index in [0.29, 0.717) is 5.56 Å². The van der Waals surface area contributed by atoms with Gasteiger partial charge >= 0.3 is 5.97 Å². The molecule has 190 valence electrons. The van der Waals surface area contributed by atoms with Crippen molar-refractivity contribution < 1.29 is 14.6 Å². The van der Waals surface area contributed by atoms with Gasteiger partial charge in [-0.1, -0.05) is 128 Å². The van der Waals surface area contributed by atoms with Gasteiger partial charge in [-0.05, 0) is 37.3 Å². The monoisotopic (exact) mass is 460 g/mol. The van der Waals surface area contributed by atoms with Gasteiger partial charge in [0.1, 0.15) is 0 Å². The molecule has 0 unspecified atom stereocenters. The molecule has 33 heavy (non-hydrogen) atoms. The molecule has 0 atom stereocenters. The quantitative estimate of drug-likeness (QED) is 0.156. The number of aryl methyl sites for hydroxylation is 1. The molecule has 0 radical (unpaired) electrons. The van der Waals surface area contributed by atoms with Crippen molar-refractivity contribution in [1.29, 1.82) is 0 Å². The number of carbonyl (C=O) groups is 1. The van der Waals surface area contributed by atoms with Crippen molar-refractivity contribution in [2.45, 2.75) is 135 Å². The van der Waals surface area contributed by atoms with Crippen LogP contribution in [0.25, 0.3) is 0 Å². The fourth-order valence-corrected chi connectivity index (χ4v) is 4.50. The van der Waals surface area contributed by atoms with Crippen LogP contribution >= 0.6 is 0 Å². The molecular weight excluding hydrogens is 408 g/mol. The van der Waals surface area contributed by atoms with Gasteiger partial charge in [0, 0.05) is 13.2 Å². The topological polar surface area (TPSA) is 46.5 Å². The molecule has 1 rings (SSSR count). The number of aromatic carboxylic acids is 1. The summed E-state index contributed by atoms with van der Waals surface area (Å²) < 4.78 is 5.80. The smallest absolute Gasteiger partial charge is 0.335 e. The lowest BCUT2D eigenvalue weighted by atomic mass is 10.0. The Morgan fingerprint density at radius 3 is 1.55 bits per heavy atom. The maximum atomic E-state index is 11.2. The summed E-state index contributed by atoms with van der Waals surface area (Å²) in [7, 11) is 0. The number of hydrogen-bond donors (Lipinski definition) is 1. The predicted molar refractivity (Wildman–Crippen MR) is 141 cm³/mol. The lowest BCUT2D eigenvalue weighted by Crippen LogP contribution is -2.02. The van der Waals surface area contributed by atoms with Crippen molar-refractivity contribution in [3.05, 3.63) is 35.4 Å². The van der Waals surface area contributed by atoms with Gasteiger partial charge in [-0.25, -0.2) is 4.79 Å². The van der Waals surface area contributed by atoms with Gasteiger partial charge < -0.3 is 9.84 Å². The fourth-order valence-electron chi connectivity index (χ4n) is 4.50. The third kappa shape index (κ3) is 17.7. The highest BCUT2D eigenvalue weighted by molar-refractivity contribution is 5.89. The highest BCUT2D eigenvalue weighted by atomic mass is 16.5. The summed E-state index contributed by atoms with van der Waals surface area (Å²) >= 11 is 0. The summed E-state index contributed by atoms with van der Waals surface area (Å²) in [4.78, 5) is 11.2. The Kier molecular flexibility index (Phi) is 20.2. The number of unbranched alkanes of at least 4 members (excludes halogenated alkanes) is 17. The van der Waals surface area contributed by atoms with Gasteiger partial charge in [-0.2, -0.15) is 0 Å². The lowest BCUT2D eigenvalue weighted by molar-refractivity contribution is 0.0695. The molecule has 1 aromatic rings. The van der Waals surface area contributed by atoms with Crippen molar-refractivity contribution >= 4 is 5.97 Å². The third-order valence-corrected chi connectivity index (χ3v) is 6.62. The van der Waals surface area contributed by atoms with Crippen LogP contribution in [-0.2, 0) is 11.2 Å². The number of ether oxygens (including phenoxy) is 1.